The molecule has 0 N–H and O–H groups in total. The lowest BCUT2D eigenvalue weighted by molar-refractivity contribution is 0.364. The molecule has 0 saturated carbocycles. The summed E-state index contributed by atoms with van der Waals surface area (Å²) in [5, 5.41) is 0. The van der Waals surface area contributed by atoms with Crippen molar-refractivity contribution in [2.75, 3.05) is 7.11 Å². The Morgan fingerprint density at radius 2 is 1.65 bits per heavy atom. The molecule has 0 saturated heterocycles. The van der Waals surface area contributed by atoms with Crippen molar-refractivity contribution in [1.82, 2.24) is 0 Å². The molecule has 2 unspecified atom stereocenters. The van der Waals surface area contributed by atoms with Gasteiger partial charge in [-0.3, -0.25) is 0 Å². The van der Waals surface area contributed by atoms with Crippen molar-refractivity contribution < 1.29 is 13.5 Å². The quantitative estimate of drug-likeness (QED) is 0.310. The number of rotatable bonds is 14. The summed E-state index contributed by atoms with van der Waals surface area (Å²) < 4.78 is 32.7. The third-order valence-electron chi connectivity index (χ3n) is 5.28. The van der Waals surface area contributed by atoms with E-state index in [0.717, 1.165) is 12.8 Å². The Morgan fingerprint density at radius 1 is 0.962 bits per heavy atom. The van der Waals surface area contributed by atoms with E-state index in [2.05, 4.69) is 26.5 Å². The predicted octanol–water partition coefficient (Wildman–Crippen LogP) is 7.49. The van der Waals surface area contributed by atoms with E-state index >= 15 is 0 Å². The molecule has 1 nitrogen and oxygen atoms in total. The third-order valence-corrected chi connectivity index (χ3v) is 5.28. The fourth-order valence-corrected chi connectivity index (χ4v) is 3.76. The van der Waals surface area contributed by atoms with Crippen molar-refractivity contribution in [2.24, 2.45) is 11.8 Å². The first-order valence-corrected chi connectivity index (χ1v) is 10.2. The largest absolute Gasteiger partial charge is 0.494 e. The molecular formula is C23H36F2O. The van der Waals surface area contributed by atoms with E-state index in [0.29, 0.717) is 23.8 Å². The molecular weight excluding hydrogens is 330 g/mol. The molecule has 0 fully saturated rings. The molecule has 0 aliphatic rings. The molecule has 1 aromatic carbocycles. The summed E-state index contributed by atoms with van der Waals surface area (Å²) in [6, 6.07) is 3.16. The van der Waals surface area contributed by atoms with Crippen molar-refractivity contribution >= 4 is 0 Å². The molecule has 0 aromatic heterocycles. The number of halogens is 2. The summed E-state index contributed by atoms with van der Waals surface area (Å²) in [5.41, 5.74) is 0.452. The van der Waals surface area contributed by atoms with Crippen molar-refractivity contribution in [3.05, 3.63) is 42.0 Å². The van der Waals surface area contributed by atoms with Gasteiger partial charge in [0.05, 0.1) is 7.11 Å². The highest BCUT2D eigenvalue weighted by molar-refractivity contribution is 5.31. The monoisotopic (exact) mass is 366 g/mol. The van der Waals surface area contributed by atoms with E-state index < -0.39 is 11.6 Å². The maximum absolute atomic E-state index is 14.1. The van der Waals surface area contributed by atoms with Crippen molar-refractivity contribution in [2.45, 2.75) is 78.1 Å². The number of methoxy groups -OCH3 is 1. The van der Waals surface area contributed by atoms with Gasteiger partial charge in [-0.05, 0) is 49.1 Å². The summed E-state index contributed by atoms with van der Waals surface area (Å²) in [6.45, 7) is 8.39. The van der Waals surface area contributed by atoms with Crippen molar-refractivity contribution in [1.29, 1.82) is 0 Å². The van der Waals surface area contributed by atoms with Gasteiger partial charge in [-0.25, -0.2) is 4.39 Å². The standard InChI is InChI=1S/C23H36F2O/c1-5-10-18(7-3)12-8-13-19(11-6-2)14-9-15-20-16-17-21(26-4)23(25)22(20)24/h7,16-19H,3,5-6,8-15H2,1-2,4H3. The topological polar surface area (TPSA) is 9.23 Å². The summed E-state index contributed by atoms with van der Waals surface area (Å²) in [7, 11) is 1.35. The van der Waals surface area contributed by atoms with Gasteiger partial charge in [0.2, 0.25) is 5.82 Å². The van der Waals surface area contributed by atoms with Crippen LogP contribution in [0.4, 0.5) is 8.78 Å². The lowest BCUT2D eigenvalue weighted by Gasteiger charge is -2.18. The molecule has 0 aliphatic carbocycles. The summed E-state index contributed by atoms with van der Waals surface area (Å²) in [4.78, 5) is 0. The Labute approximate surface area is 158 Å². The number of hydrogen-bond acceptors (Lipinski definition) is 1. The number of hydrogen-bond donors (Lipinski definition) is 0. The Bertz CT molecular complexity index is 527. The van der Waals surface area contributed by atoms with E-state index in [-0.39, 0.29) is 5.75 Å². The molecule has 1 rings (SSSR count). The van der Waals surface area contributed by atoms with Gasteiger partial charge in [0.25, 0.3) is 0 Å². The fourth-order valence-electron chi connectivity index (χ4n) is 3.76. The number of aryl methyl sites for hydroxylation is 1. The van der Waals surface area contributed by atoms with Crippen LogP contribution in [0.15, 0.2) is 24.8 Å². The molecule has 0 heterocycles. The zero-order chi connectivity index (χ0) is 19.4. The van der Waals surface area contributed by atoms with Crippen LogP contribution in [-0.2, 0) is 6.42 Å². The average molecular weight is 367 g/mol. The number of allylic oxidation sites excluding steroid dienone is 1. The summed E-state index contributed by atoms with van der Waals surface area (Å²) >= 11 is 0. The van der Waals surface area contributed by atoms with E-state index in [1.54, 1.807) is 6.07 Å². The lowest BCUT2D eigenvalue weighted by Crippen LogP contribution is -2.04. The fraction of sp³-hybridized carbons (Fsp3) is 0.652. The van der Waals surface area contributed by atoms with Gasteiger partial charge in [0.1, 0.15) is 0 Å². The minimum Gasteiger partial charge on any atom is -0.494 e. The minimum absolute atomic E-state index is 0.0287. The number of ether oxygens (including phenoxy) is 1. The van der Waals surface area contributed by atoms with Crippen LogP contribution in [-0.4, -0.2) is 7.11 Å². The molecule has 1 aromatic rings. The van der Waals surface area contributed by atoms with Gasteiger partial charge in [0.15, 0.2) is 11.6 Å². The van der Waals surface area contributed by atoms with Crippen LogP contribution in [0.25, 0.3) is 0 Å². The van der Waals surface area contributed by atoms with Crippen LogP contribution < -0.4 is 4.74 Å². The van der Waals surface area contributed by atoms with Crippen molar-refractivity contribution in [3.8, 4) is 5.75 Å². The van der Waals surface area contributed by atoms with Crippen molar-refractivity contribution in [3.63, 3.8) is 0 Å². The zero-order valence-electron chi connectivity index (χ0n) is 16.8. The van der Waals surface area contributed by atoms with Crippen LogP contribution in [0, 0.1) is 23.5 Å². The maximum Gasteiger partial charge on any atom is 0.200 e. The maximum atomic E-state index is 14.1. The van der Waals surface area contributed by atoms with Crippen LogP contribution in [0.5, 0.6) is 5.75 Å². The first-order valence-electron chi connectivity index (χ1n) is 10.2. The molecule has 0 bridgehead atoms. The summed E-state index contributed by atoms with van der Waals surface area (Å²) in [6.07, 6.45) is 13.1. The molecule has 0 spiro atoms. The Morgan fingerprint density at radius 3 is 2.27 bits per heavy atom. The third kappa shape index (κ3) is 7.47. The van der Waals surface area contributed by atoms with E-state index in [9.17, 15) is 8.78 Å². The van der Waals surface area contributed by atoms with E-state index in [1.807, 2.05) is 0 Å². The second-order valence-corrected chi connectivity index (χ2v) is 7.32. The molecule has 26 heavy (non-hydrogen) atoms. The second-order valence-electron chi connectivity index (χ2n) is 7.32. The van der Waals surface area contributed by atoms with Gasteiger partial charge in [0, 0.05) is 0 Å². The molecule has 0 amide bonds. The first-order chi connectivity index (χ1) is 12.6. The van der Waals surface area contributed by atoms with Gasteiger partial charge in [-0.2, -0.15) is 4.39 Å². The smallest absolute Gasteiger partial charge is 0.200 e. The highest BCUT2D eigenvalue weighted by Crippen LogP contribution is 2.27. The van der Waals surface area contributed by atoms with E-state index in [4.69, 9.17) is 4.74 Å². The first kappa shape index (κ1) is 22.7. The highest BCUT2D eigenvalue weighted by Gasteiger charge is 2.15. The molecule has 148 valence electrons. The van der Waals surface area contributed by atoms with Gasteiger partial charge in [-0.1, -0.05) is 64.5 Å². The number of benzene rings is 1. The Kier molecular flexibility index (Phi) is 11.2. The predicted molar refractivity (Wildman–Crippen MR) is 107 cm³/mol. The van der Waals surface area contributed by atoms with Gasteiger partial charge >= 0.3 is 0 Å². The van der Waals surface area contributed by atoms with Crippen LogP contribution >= 0.6 is 0 Å². The molecule has 3 heteroatoms. The highest BCUT2D eigenvalue weighted by atomic mass is 19.2. The normalized spacial score (nSPS) is 13.4. The molecule has 2 atom stereocenters. The molecule has 0 aliphatic heterocycles. The van der Waals surface area contributed by atoms with Gasteiger partial charge < -0.3 is 4.74 Å². The minimum atomic E-state index is -0.874. The van der Waals surface area contributed by atoms with Crippen LogP contribution in [0.1, 0.15) is 77.2 Å². The van der Waals surface area contributed by atoms with E-state index in [1.165, 1.54) is 58.1 Å². The second kappa shape index (κ2) is 12.9. The molecule has 0 radical (unpaired) electrons. The Hall–Kier alpha value is -1.38. The SMILES string of the molecule is C=CC(CCC)CCCC(CCC)CCCc1ccc(OC)c(F)c1F. The van der Waals surface area contributed by atoms with Crippen LogP contribution in [0.3, 0.4) is 0 Å². The average Bonchev–Trinajstić information content (AvgIpc) is 2.64. The zero-order valence-corrected chi connectivity index (χ0v) is 16.8. The summed E-state index contributed by atoms with van der Waals surface area (Å²) in [5.74, 6) is -0.345. The lowest BCUT2D eigenvalue weighted by atomic mass is 9.88. The van der Waals surface area contributed by atoms with Gasteiger partial charge in [-0.15, -0.1) is 6.58 Å². The Balaban J connectivity index is 2.46. The van der Waals surface area contributed by atoms with Crippen LogP contribution in [0.2, 0.25) is 0 Å².